The summed E-state index contributed by atoms with van der Waals surface area (Å²) in [6, 6.07) is 0. The lowest BCUT2D eigenvalue weighted by Crippen LogP contribution is -2.55. The molecule has 1 saturated heterocycles. The smallest absolute Gasteiger partial charge is 0.462 e. The topological polar surface area (TPSA) is 267 Å². The predicted octanol–water partition coefficient (Wildman–Crippen LogP) is 6.54. The van der Waals surface area contributed by atoms with Crippen molar-refractivity contribution in [2.75, 3.05) is 13.2 Å². The fourth-order valence-electron chi connectivity index (χ4n) is 7.98. The van der Waals surface area contributed by atoms with Gasteiger partial charge in [-0.25, -0.2) is 4.57 Å². The van der Waals surface area contributed by atoms with Crippen LogP contribution in [0.25, 0.3) is 0 Å². The molecule has 2 rings (SSSR count). The standard InChI is InChI=1S/C49H83O16P/c1-3-5-7-8-9-10-11-12-13-14-15-16-17-18-19-20-25-29-42(53)62-34-37-35-63-66(60,61)65-49-47(58)45(56)39(32-31-36(50)27-23-6-4-2)41(52)33-40(51)38(44(55)46(57)48(49)59)28-24-21-22-26-30-43(54)64-37/h12-13,15-16,18-19,31-32,36-39,41,44-50,52,55-59H,3-11,14,17,20-30,33-35H2,1-2H3,(H,60,61)/b13-12-,16-15-,19-18-,32-31+/t36-,37+,38-,39-,41+,44+,45+,46-,47+,48+,49+/m0/s1. The summed E-state index contributed by atoms with van der Waals surface area (Å²) in [6.07, 6.45) is 12.5. The maximum absolute atomic E-state index is 13.6. The maximum Gasteiger partial charge on any atom is 0.472 e. The van der Waals surface area contributed by atoms with Gasteiger partial charge in [-0.1, -0.05) is 133 Å². The van der Waals surface area contributed by atoms with Gasteiger partial charge in [-0.2, -0.15) is 0 Å². The molecular formula is C49H83O16P. The van der Waals surface area contributed by atoms with Crippen LogP contribution in [-0.4, -0.2) is 127 Å². The van der Waals surface area contributed by atoms with Crippen molar-refractivity contribution in [2.24, 2.45) is 11.8 Å². The molecule has 2 bridgehead atoms. The van der Waals surface area contributed by atoms with Gasteiger partial charge in [0.2, 0.25) is 0 Å². The monoisotopic (exact) mass is 959 g/mol. The van der Waals surface area contributed by atoms with E-state index in [0.717, 1.165) is 32.1 Å². The molecule has 16 nitrogen and oxygen atoms in total. The highest BCUT2D eigenvalue weighted by Gasteiger charge is 2.49. The van der Waals surface area contributed by atoms with Crippen molar-refractivity contribution < 1.29 is 78.1 Å². The van der Waals surface area contributed by atoms with E-state index in [2.05, 4.69) is 31.2 Å². The van der Waals surface area contributed by atoms with E-state index in [9.17, 15) is 59.6 Å². The van der Waals surface area contributed by atoms with Crippen LogP contribution in [0.1, 0.15) is 162 Å². The van der Waals surface area contributed by atoms with Crippen molar-refractivity contribution in [3.05, 3.63) is 48.6 Å². The number of ether oxygens (including phenoxy) is 2. The number of esters is 2. The van der Waals surface area contributed by atoms with E-state index in [4.69, 9.17) is 18.5 Å². The van der Waals surface area contributed by atoms with Gasteiger partial charge in [-0.05, 0) is 57.8 Å². The first-order valence-corrected chi connectivity index (χ1v) is 26.0. The average Bonchev–Trinajstić information content (AvgIpc) is 3.28. The van der Waals surface area contributed by atoms with Crippen LogP contribution in [-0.2, 0) is 37.5 Å². The maximum atomic E-state index is 13.6. The first-order valence-electron chi connectivity index (χ1n) is 24.5. The molecule has 2 fully saturated rings. The van der Waals surface area contributed by atoms with Gasteiger partial charge < -0.3 is 50.1 Å². The van der Waals surface area contributed by atoms with Gasteiger partial charge in [0.25, 0.3) is 0 Å². The molecule has 380 valence electrons. The van der Waals surface area contributed by atoms with Gasteiger partial charge in [0.15, 0.2) is 6.10 Å². The molecular weight excluding hydrogens is 875 g/mol. The van der Waals surface area contributed by atoms with E-state index in [1.54, 1.807) is 0 Å². The van der Waals surface area contributed by atoms with Crippen LogP contribution in [0.3, 0.4) is 0 Å². The molecule has 0 aromatic carbocycles. The third kappa shape index (κ3) is 24.6. The first-order chi connectivity index (χ1) is 31.6. The third-order valence-corrected chi connectivity index (χ3v) is 13.0. The number of unbranched alkanes of at least 4 members (excludes halogenated alkanes) is 9. The molecule has 66 heavy (non-hydrogen) atoms. The van der Waals surface area contributed by atoms with Crippen LogP contribution >= 0.6 is 7.82 Å². The van der Waals surface area contributed by atoms with E-state index in [0.29, 0.717) is 51.4 Å². The Labute approximate surface area is 392 Å². The molecule has 8 N–H and O–H groups in total. The highest BCUT2D eigenvalue weighted by molar-refractivity contribution is 7.47. The predicted molar refractivity (Wildman–Crippen MR) is 250 cm³/mol. The van der Waals surface area contributed by atoms with Crippen LogP contribution < -0.4 is 0 Å². The van der Waals surface area contributed by atoms with E-state index < -0.39 is 112 Å². The summed E-state index contributed by atoms with van der Waals surface area (Å²) >= 11 is 0. The second-order valence-electron chi connectivity index (χ2n) is 17.7. The average molecular weight is 959 g/mol. The van der Waals surface area contributed by atoms with Crippen molar-refractivity contribution in [1.82, 2.24) is 0 Å². The number of rotatable bonds is 23. The number of ketones is 1. The molecule has 12 atom stereocenters. The lowest BCUT2D eigenvalue weighted by atomic mass is 9.83. The Morgan fingerprint density at radius 2 is 1.36 bits per heavy atom. The first kappa shape index (κ1) is 59.5. The van der Waals surface area contributed by atoms with E-state index in [1.165, 1.54) is 50.7 Å². The van der Waals surface area contributed by atoms with Crippen LogP contribution in [0.4, 0.5) is 0 Å². The lowest BCUT2D eigenvalue weighted by Gasteiger charge is -2.36. The minimum absolute atomic E-state index is 0.0333. The SMILES string of the molecule is CCCCCCCC/C=C\C/C=C\C/C=C\CCCC(=O)OC[C@@H]1COP(=O)(O)O[C@H]2[C@H](O)[C@@H](O)[C@H](O)[C@@H](CCCCCCC(=O)O1)C(=O)C[C@@H](O)[C@H](/C=C/[C@@H](O)CCCCC)[C@@H](O)[C@H]2O. The van der Waals surface area contributed by atoms with Crippen molar-refractivity contribution >= 4 is 25.5 Å². The highest BCUT2D eigenvalue weighted by Crippen LogP contribution is 2.47. The Hall–Kier alpha value is -2.60. The molecule has 1 heterocycles. The van der Waals surface area contributed by atoms with Crippen molar-refractivity contribution in [3.63, 3.8) is 0 Å². The number of hydrogen-bond acceptors (Lipinski definition) is 15. The normalized spacial score (nSPS) is 31.1. The Morgan fingerprint density at radius 1 is 0.758 bits per heavy atom. The van der Waals surface area contributed by atoms with E-state index in [-0.39, 0.29) is 19.3 Å². The molecule has 0 aromatic rings. The Balaban J connectivity index is 2.13. The number of phosphoric acid groups is 1. The minimum Gasteiger partial charge on any atom is -0.462 e. The van der Waals surface area contributed by atoms with Crippen molar-refractivity contribution in [3.8, 4) is 0 Å². The molecule has 2 aliphatic rings. The number of phosphoric ester groups is 1. The van der Waals surface area contributed by atoms with Crippen LogP contribution in [0.15, 0.2) is 48.6 Å². The Morgan fingerprint density at radius 3 is 2.06 bits per heavy atom. The fraction of sp³-hybridized carbons (Fsp3) is 0.776. The van der Waals surface area contributed by atoms with Crippen molar-refractivity contribution in [1.29, 1.82) is 0 Å². The van der Waals surface area contributed by atoms with Gasteiger partial charge in [-0.15, -0.1) is 0 Å². The van der Waals surface area contributed by atoms with E-state index >= 15 is 0 Å². The number of carbonyl (C=O) groups is 3. The van der Waals surface area contributed by atoms with Crippen LogP contribution in [0.2, 0.25) is 0 Å². The van der Waals surface area contributed by atoms with E-state index in [1.807, 2.05) is 19.1 Å². The second kappa shape index (κ2) is 34.6. The summed E-state index contributed by atoms with van der Waals surface area (Å²) in [5, 5.41) is 78.5. The number of hydrogen-bond donors (Lipinski definition) is 8. The molecule has 1 unspecified atom stereocenters. The molecule has 1 aliphatic heterocycles. The highest BCUT2D eigenvalue weighted by atomic mass is 31.2. The quantitative estimate of drug-likeness (QED) is 0.0234. The zero-order chi connectivity index (χ0) is 48.7. The van der Waals surface area contributed by atoms with Gasteiger partial charge in [-0.3, -0.25) is 23.4 Å². The fourth-order valence-corrected chi connectivity index (χ4v) is 8.95. The van der Waals surface area contributed by atoms with Gasteiger partial charge in [0.1, 0.15) is 36.8 Å². The zero-order valence-electron chi connectivity index (χ0n) is 39.4. The summed E-state index contributed by atoms with van der Waals surface area (Å²) in [7, 11) is -5.46. The summed E-state index contributed by atoms with van der Waals surface area (Å²) in [4.78, 5) is 50.0. The number of carbonyl (C=O) groups excluding carboxylic acids is 3. The largest absolute Gasteiger partial charge is 0.472 e. The molecule has 1 saturated carbocycles. The number of fused-ring (bicyclic) bond motifs is 4. The minimum atomic E-state index is -5.46. The summed E-state index contributed by atoms with van der Waals surface area (Å²) in [6.45, 7) is 2.78. The Kier molecular flexibility index (Phi) is 31.2. The second-order valence-corrected chi connectivity index (χ2v) is 19.1. The number of allylic oxidation sites excluding steroid dienone is 6. The number of aliphatic hydroxyl groups is 7. The van der Waals surface area contributed by atoms with Gasteiger partial charge in [0.05, 0.1) is 31.0 Å². The van der Waals surface area contributed by atoms with Gasteiger partial charge >= 0.3 is 19.8 Å². The molecule has 1 aliphatic carbocycles. The molecule has 0 aromatic heterocycles. The van der Waals surface area contributed by atoms with Crippen LogP contribution in [0.5, 0.6) is 0 Å². The van der Waals surface area contributed by atoms with Gasteiger partial charge in [0, 0.05) is 31.1 Å². The molecule has 0 spiro atoms. The molecule has 0 amide bonds. The number of cyclic esters (lactones) is 1. The molecule has 0 radical (unpaired) electrons. The van der Waals surface area contributed by atoms with Crippen LogP contribution in [0, 0.1) is 11.8 Å². The number of aliphatic hydroxyl groups excluding tert-OH is 7. The summed E-state index contributed by atoms with van der Waals surface area (Å²) < 4.78 is 34.6. The van der Waals surface area contributed by atoms with Crippen molar-refractivity contribution in [2.45, 2.75) is 216 Å². The Bertz CT molecular complexity index is 1520. The lowest BCUT2D eigenvalue weighted by molar-refractivity contribution is -0.166. The molecule has 17 heteroatoms. The number of Topliss-reactive ketones (excluding diaryl/α,β-unsaturated/α-hetero) is 1. The summed E-state index contributed by atoms with van der Waals surface area (Å²) in [5.74, 6) is -4.94. The third-order valence-electron chi connectivity index (χ3n) is 12.0. The zero-order valence-corrected chi connectivity index (χ0v) is 40.3. The summed E-state index contributed by atoms with van der Waals surface area (Å²) in [5.41, 5.74) is 0.